The van der Waals surface area contributed by atoms with Crippen LogP contribution in [0.3, 0.4) is 0 Å². The number of aromatic nitrogens is 3. The maximum atomic E-state index is 5.66. The maximum Gasteiger partial charge on any atom is 0.225 e. The van der Waals surface area contributed by atoms with Crippen LogP contribution in [0.15, 0.2) is 30.7 Å². The zero-order valence-electron chi connectivity index (χ0n) is 7.59. The predicted octanol–water partition coefficient (Wildman–Crippen LogP) is 1.90. The molecule has 0 spiro atoms. The lowest BCUT2D eigenvalue weighted by Crippen LogP contribution is -1.92. The monoisotopic (exact) mass is 222 g/mol. The van der Waals surface area contributed by atoms with E-state index < -0.39 is 0 Å². The summed E-state index contributed by atoms with van der Waals surface area (Å²) in [5.74, 6) is 0.742. The third kappa shape index (κ3) is 2.54. The van der Waals surface area contributed by atoms with Crippen molar-refractivity contribution in [2.24, 2.45) is 0 Å². The predicted molar refractivity (Wildman–Crippen MR) is 55.8 cm³/mol. The first-order valence-electron chi connectivity index (χ1n) is 4.11. The van der Waals surface area contributed by atoms with Crippen molar-refractivity contribution in [2.45, 2.75) is 0 Å². The highest BCUT2D eigenvalue weighted by Gasteiger charge is 2.00. The molecule has 15 heavy (non-hydrogen) atoms. The molecular weight excluding hydrogens is 216 g/mol. The van der Waals surface area contributed by atoms with Gasteiger partial charge in [0.25, 0.3) is 0 Å². The summed E-state index contributed by atoms with van der Waals surface area (Å²) in [6.07, 6.45) is 2.81. The summed E-state index contributed by atoms with van der Waals surface area (Å²) >= 11 is 5.66. The van der Waals surface area contributed by atoms with Crippen LogP contribution >= 0.6 is 11.6 Å². The van der Waals surface area contributed by atoms with Crippen molar-refractivity contribution in [2.75, 3.05) is 5.73 Å². The Morgan fingerprint density at radius 3 is 2.67 bits per heavy atom. The van der Waals surface area contributed by atoms with Crippen molar-refractivity contribution < 1.29 is 4.74 Å². The van der Waals surface area contributed by atoms with Gasteiger partial charge in [0.15, 0.2) is 0 Å². The maximum absolute atomic E-state index is 5.66. The van der Waals surface area contributed by atoms with Crippen LogP contribution in [0.25, 0.3) is 0 Å². The fraction of sp³-hybridized carbons (Fsp3) is 0. The Labute approximate surface area is 90.9 Å². The quantitative estimate of drug-likeness (QED) is 0.786. The van der Waals surface area contributed by atoms with E-state index in [2.05, 4.69) is 15.0 Å². The van der Waals surface area contributed by atoms with Gasteiger partial charge in [0.1, 0.15) is 11.5 Å². The third-order valence-electron chi connectivity index (χ3n) is 1.58. The number of anilines is 1. The molecule has 0 bridgehead atoms. The fourth-order valence-corrected chi connectivity index (χ4v) is 1.07. The van der Waals surface area contributed by atoms with E-state index >= 15 is 0 Å². The number of pyridine rings is 1. The number of hydrogen-bond acceptors (Lipinski definition) is 5. The van der Waals surface area contributed by atoms with Crippen LogP contribution in [0.5, 0.6) is 11.8 Å². The molecule has 0 aliphatic rings. The molecule has 2 aromatic heterocycles. The minimum atomic E-state index is 0.315. The fourth-order valence-electron chi connectivity index (χ4n) is 0.932. The Balaban J connectivity index is 2.18. The van der Waals surface area contributed by atoms with E-state index in [0.717, 1.165) is 0 Å². The van der Waals surface area contributed by atoms with Crippen LogP contribution in [0.4, 0.5) is 5.69 Å². The largest absolute Gasteiger partial charge is 0.421 e. The molecule has 0 saturated carbocycles. The van der Waals surface area contributed by atoms with Crippen LogP contribution in [-0.4, -0.2) is 15.0 Å². The minimum absolute atomic E-state index is 0.315. The van der Waals surface area contributed by atoms with Gasteiger partial charge in [-0.2, -0.15) is 0 Å². The average molecular weight is 223 g/mol. The topological polar surface area (TPSA) is 73.9 Å². The first kappa shape index (κ1) is 9.67. The zero-order valence-corrected chi connectivity index (χ0v) is 8.35. The van der Waals surface area contributed by atoms with Gasteiger partial charge < -0.3 is 10.5 Å². The highest BCUT2D eigenvalue weighted by molar-refractivity contribution is 6.29. The van der Waals surface area contributed by atoms with E-state index in [9.17, 15) is 0 Å². The van der Waals surface area contributed by atoms with Crippen LogP contribution < -0.4 is 10.5 Å². The zero-order chi connectivity index (χ0) is 10.7. The lowest BCUT2D eigenvalue weighted by Gasteiger charge is -2.02. The van der Waals surface area contributed by atoms with Crippen molar-refractivity contribution in [3.63, 3.8) is 0 Å². The molecule has 2 aromatic rings. The second kappa shape index (κ2) is 4.10. The van der Waals surface area contributed by atoms with E-state index in [-0.39, 0.29) is 0 Å². The second-order valence-corrected chi connectivity index (χ2v) is 3.10. The third-order valence-corrected chi connectivity index (χ3v) is 1.78. The summed E-state index contributed by atoms with van der Waals surface area (Å²) in [4.78, 5) is 11.6. The Bertz CT molecular complexity index is 460. The van der Waals surface area contributed by atoms with Gasteiger partial charge >= 0.3 is 0 Å². The van der Waals surface area contributed by atoms with Gasteiger partial charge in [-0.05, 0) is 6.07 Å². The molecule has 0 aromatic carbocycles. The number of hydrogen-bond donors (Lipinski definition) is 1. The highest BCUT2D eigenvalue weighted by atomic mass is 35.5. The Morgan fingerprint density at radius 1 is 1.13 bits per heavy atom. The molecule has 6 heteroatoms. The normalized spacial score (nSPS) is 9.93. The van der Waals surface area contributed by atoms with Crippen molar-refractivity contribution in [3.8, 4) is 11.8 Å². The number of halogens is 1. The van der Waals surface area contributed by atoms with Crippen LogP contribution in [0.1, 0.15) is 0 Å². The molecule has 0 saturated heterocycles. The standard InChI is InChI=1S/C9H7ClN4O/c10-7-3-9(14-5-13-7)15-8-2-1-6(11)4-12-8/h1-5H,11H2. The molecule has 0 aliphatic carbocycles. The molecule has 0 amide bonds. The molecule has 5 nitrogen and oxygen atoms in total. The van der Waals surface area contributed by atoms with Crippen molar-refractivity contribution in [1.29, 1.82) is 0 Å². The van der Waals surface area contributed by atoms with Crippen LogP contribution in [-0.2, 0) is 0 Å². The van der Waals surface area contributed by atoms with Gasteiger partial charge in [0.2, 0.25) is 11.8 Å². The van der Waals surface area contributed by atoms with Crippen LogP contribution in [0.2, 0.25) is 5.15 Å². The Hall–Kier alpha value is -1.88. The molecule has 76 valence electrons. The van der Waals surface area contributed by atoms with Gasteiger partial charge in [-0.3, -0.25) is 0 Å². The van der Waals surface area contributed by atoms with Crippen molar-refractivity contribution in [1.82, 2.24) is 15.0 Å². The molecule has 0 aliphatic heterocycles. The SMILES string of the molecule is Nc1ccc(Oc2cc(Cl)ncn2)nc1. The summed E-state index contributed by atoms with van der Waals surface area (Å²) in [5.41, 5.74) is 6.05. The molecule has 0 unspecified atom stereocenters. The molecule has 2 heterocycles. The first-order chi connectivity index (χ1) is 7.24. The van der Waals surface area contributed by atoms with E-state index in [1.807, 2.05) is 0 Å². The minimum Gasteiger partial charge on any atom is -0.421 e. The molecule has 0 fully saturated rings. The van der Waals surface area contributed by atoms with E-state index in [0.29, 0.717) is 22.6 Å². The Kier molecular flexibility index (Phi) is 2.64. The summed E-state index contributed by atoms with van der Waals surface area (Å²) < 4.78 is 5.31. The Morgan fingerprint density at radius 2 is 2.00 bits per heavy atom. The smallest absolute Gasteiger partial charge is 0.225 e. The summed E-state index contributed by atoms with van der Waals surface area (Å²) in [7, 11) is 0. The molecule has 0 radical (unpaired) electrons. The molecule has 2 N–H and O–H groups in total. The summed E-state index contributed by atoms with van der Waals surface area (Å²) in [6, 6.07) is 4.83. The molecule has 2 rings (SSSR count). The van der Waals surface area contributed by atoms with E-state index in [1.54, 1.807) is 12.1 Å². The van der Waals surface area contributed by atoms with Gasteiger partial charge in [-0.15, -0.1) is 0 Å². The number of nitrogen functional groups attached to an aromatic ring is 1. The number of rotatable bonds is 2. The number of ether oxygens (including phenoxy) is 1. The van der Waals surface area contributed by atoms with Crippen molar-refractivity contribution in [3.05, 3.63) is 35.9 Å². The van der Waals surface area contributed by atoms with Crippen LogP contribution in [0, 0.1) is 0 Å². The summed E-state index contributed by atoms with van der Waals surface area (Å²) in [6.45, 7) is 0. The lowest BCUT2D eigenvalue weighted by molar-refractivity contribution is 0.443. The van der Waals surface area contributed by atoms with Crippen molar-refractivity contribution >= 4 is 17.3 Å². The van der Waals surface area contributed by atoms with E-state index in [1.165, 1.54) is 18.6 Å². The second-order valence-electron chi connectivity index (χ2n) is 2.71. The summed E-state index contributed by atoms with van der Waals surface area (Å²) in [5, 5.41) is 0.315. The molecular formula is C9H7ClN4O. The molecule has 0 atom stereocenters. The average Bonchev–Trinajstić information content (AvgIpc) is 2.22. The van der Waals surface area contributed by atoms with Gasteiger partial charge in [-0.1, -0.05) is 11.6 Å². The van der Waals surface area contributed by atoms with Gasteiger partial charge in [-0.25, -0.2) is 15.0 Å². The van der Waals surface area contributed by atoms with E-state index in [4.69, 9.17) is 22.1 Å². The lowest BCUT2D eigenvalue weighted by atomic mass is 10.4. The number of nitrogens with zero attached hydrogens (tertiary/aromatic N) is 3. The van der Waals surface area contributed by atoms with Gasteiger partial charge in [0, 0.05) is 12.1 Å². The first-order valence-corrected chi connectivity index (χ1v) is 4.49. The number of nitrogens with two attached hydrogens (primary N) is 1. The highest BCUT2D eigenvalue weighted by Crippen LogP contribution is 2.18. The van der Waals surface area contributed by atoms with Gasteiger partial charge in [0.05, 0.1) is 11.9 Å².